The van der Waals surface area contributed by atoms with Gasteiger partial charge in [-0.3, -0.25) is 9.10 Å². The van der Waals surface area contributed by atoms with Crippen LogP contribution in [0.5, 0.6) is 0 Å². The smallest absolute Gasteiger partial charge is 0.257 e. The maximum Gasteiger partial charge on any atom is 0.257 e. The highest BCUT2D eigenvalue weighted by Crippen LogP contribution is 2.25. The molecule has 0 aliphatic carbocycles. The number of benzene rings is 3. The number of carbonyl (C=O) groups is 1. The van der Waals surface area contributed by atoms with Crippen LogP contribution in [0.3, 0.4) is 0 Å². The lowest BCUT2D eigenvalue weighted by Gasteiger charge is -2.19. The van der Waals surface area contributed by atoms with Gasteiger partial charge in [0.05, 0.1) is 17.5 Å². The summed E-state index contributed by atoms with van der Waals surface area (Å²) in [6, 6.07) is 24.4. The number of anilines is 2. The topological polar surface area (TPSA) is 66.5 Å². The molecule has 3 aromatic rings. The van der Waals surface area contributed by atoms with Gasteiger partial charge in [0, 0.05) is 23.4 Å². The van der Waals surface area contributed by atoms with E-state index in [0.717, 1.165) is 21.9 Å². The predicted octanol–water partition coefficient (Wildman–Crippen LogP) is 4.63. The minimum absolute atomic E-state index is 0.295. The Morgan fingerprint density at radius 3 is 2.21 bits per heavy atom. The zero-order valence-corrected chi connectivity index (χ0v) is 17.8. The third-order valence-corrected chi connectivity index (χ3v) is 6.62. The van der Waals surface area contributed by atoms with Gasteiger partial charge in [-0.05, 0) is 42.0 Å². The fourth-order valence-corrected chi connectivity index (χ4v) is 4.08. The van der Waals surface area contributed by atoms with Gasteiger partial charge in [0.1, 0.15) is 0 Å². The number of sulfonamides is 1. The maximum absolute atomic E-state index is 12.7. The summed E-state index contributed by atoms with van der Waals surface area (Å²) in [6.45, 7) is 0. The quantitative estimate of drug-likeness (QED) is 0.560. The molecule has 0 aliphatic heterocycles. The van der Waals surface area contributed by atoms with Gasteiger partial charge in [0.15, 0.2) is 0 Å². The maximum atomic E-state index is 12.7. The van der Waals surface area contributed by atoms with Crippen molar-refractivity contribution in [1.29, 1.82) is 0 Å². The van der Waals surface area contributed by atoms with E-state index < -0.39 is 10.0 Å². The summed E-state index contributed by atoms with van der Waals surface area (Å²) in [6.07, 6.45) is 1.11. The van der Waals surface area contributed by atoms with E-state index in [1.807, 2.05) is 42.5 Å². The van der Waals surface area contributed by atoms with Gasteiger partial charge in [-0.25, -0.2) is 8.42 Å². The van der Waals surface area contributed by atoms with Crippen molar-refractivity contribution in [2.75, 3.05) is 22.9 Å². The molecule has 0 atom stereocenters. The van der Waals surface area contributed by atoms with Crippen molar-refractivity contribution < 1.29 is 13.2 Å². The molecular weight excluding hydrogens is 404 g/mol. The van der Waals surface area contributed by atoms with Crippen LogP contribution in [-0.2, 0) is 15.8 Å². The highest BCUT2D eigenvalue weighted by Gasteiger charge is 2.19. The molecular formula is C22H22N2O3S2. The molecule has 0 radical (unpaired) electrons. The molecule has 0 aliphatic rings. The second-order valence-corrected chi connectivity index (χ2v) is 9.56. The number of para-hydroxylation sites is 1. The summed E-state index contributed by atoms with van der Waals surface area (Å²) in [5, 5.41) is 2.84. The SMILES string of the molecule is CN(c1ccccc1C(=O)Nc1ccc(CSc2ccccc2)cc1)S(C)(=O)=O. The van der Waals surface area contributed by atoms with Crippen LogP contribution >= 0.6 is 11.8 Å². The molecule has 7 heteroatoms. The molecule has 0 fully saturated rings. The average Bonchev–Trinajstić information content (AvgIpc) is 2.73. The molecule has 0 saturated heterocycles. The number of hydrogen-bond acceptors (Lipinski definition) is 4. The zero-order chi connectivity index (χ0) is 20.9. The molecule has 0 heterocycles. The first-order valence-electron chi connectivity index (χ1n) is 8.95. The number of hydrogen-bond donors (Lipinski definition) is 1. The number of rotatable bonds is 7. The molecule has 0 saturated carbocycles. The van der Waals surface area contributed by atoms with Crippen LogP contribution < -0.4 is 9.62 Å². The van der Waals surface area contributed by atoms with E-state index in [1.54, 1.807) is 36.0 Å². The molecule has 0 spiro atoms. The van der Waals surface area contributed by atoms with E-state index in [1.165, 1.54) is 11.9 Å². The highest BCUT2D eigenvalue weighted by atomic mass is 32.2. The Morgan fingerprint density at radius 1 is 0.931 bits per heavy atom. The van der Waals surface area contributed by atoms with Crippen molar-refractivity contribution in [2.45, 2.75) is 10.6 Å². The lowest BCUT2D eigenvalue weighted by atomic mass is 10.1. The van der Waals surface area contributed by atoms with Gasteiger partial charge < -0.3 is 5.32 Å². The van der Waals surface area contributed by atoms with Crippen molar-refractivity contribution >= 4 is 39.1 Å². The Kier molecular flexibility index (Phi) is 6.61. The summed E-state index contributed by atoms with van der Waals surface area (Å²) in [7, 11) is -2.04. The van der Waals surface area contributed by atoms with Crippen molar-refractivity contribution in [3.63, 3.8) is 0 Å². The molecule has 0 bridgehead atoms. The number of nitrogens with zero attached hydrogens (tertiary/aromatic N) is 1. The minimum Gasteiger partial charge on any atom is -0.322 e. The van der Waals surface area contributed by atoms with Gasteiger partial charge in [0.2, 0.25) is 10.0 Å². The Labute approximate surface area is 175 Å². The largest absolute Gasteiger partial charge is 0.322 e. The molecule has 1 N–H and O–H groups in total. The summed E-state index contributed by atoms with van der Waals surface area (Å²) in [5.41, 5.74) is 2.43. The lowest BCUT2D eigenvalue weighted by molar-refractivity contribution is 0.102. The van der Waals surface area contributed by atoms with Crippen LogP contribution in [-0.4, -0.2) is 27.6 Å². The van der Waals surface area contributed by atoms with Crippen molar-refractivity contribution in [1.82, 2.24) is 0 Å². The van der Waals surface area contributed by atoms with Crippen LogP contribution in [0, 0.1) is 0 Å². The molecule has 3 aromatic carbocycles. The molecule has 1 amide bonds. The van der Waals surface area contributed by atoms with E-state index in [2.05, 4.69) is 17.4 Å². The van der Waals surface area contributed by atoms with E-state index in [-0.39, 0.29) is 5.91 Å². The first-order valence-corrected chi connectivity index (χ1v) is 11.8. The fraction of sp³-hybridized carbons (Fsp3) is 0.136. The van der Waals surface area contributed by atoms with Crippen LogP contribution in [0.4, 0.5) is 11.4 Å². The summed E-state index contributed by atoms with van der Waals surface area (Å²) in [5.74, 6) is 0.475. The van der Waals surface area contributed by atoms with Gasteiger partial charge in [0.25, 0.3) is 5.91 Å². The number of carbonyl (C=O) groups excluding carboxylic acids is 1. The van der Waals surface area contributed by atoms with E-state index >= 15 is 0 Å². The molecule has 3 rings (SSSR count). The Hall–Kier alpha value is -2.77. The monoisotopic (exact) mass is 426 g/mol. The van der Waals surface area contributed by atoms with E-state index in [0.29, 0.717) is 16.9 Å². The lowest BCUT2D eigenvalue weighted by Crippen LogP contribution is -2.27. The summed E-state index contributed by atoms with van der Waals surface area (Å²) >= 11 is 1.75. The Bertz CT molecular complexity index is 1080. The van der Waals surface area contributed by atoms with Gasteiger partial charge in [-0.2, -0.15) is 0 Å². The van der Waals surface area contributed by atoms with Gasteiger partial charge >= 0.3 is 0 Å². The third kappa shape index (κ3) is 5.62. The van der Waals surface area contributed by atoms with Gasteiger partial charge in [-0.1, -0.05) is 42.5 Å². The first-order chi connectivity index (χ1) is 13.8. The van der Waals surface area contributed by atoms with Crippen LogP contribution in [0.25, 0.3) is 0 Å². The number of nitrogens with one attached hydrogen (secondary N) is 1. The van der Waals surface area contributed by atoms with Crippen molar-refractivity contribution in [3.05, 3.63) is 90.0 Å². The fourth-order valence-electron chi connectivity index (χ4n) is 2.69. The van der Waals surface area contributed by atoms with Crippen molar-refractivity contribution in [3.8, 4) is 0 Å². The normalized spacial score (nSPS) is 11.1. The standard InChI is InChI=1S/C22H22N2O3S2/c1-24(29(2,26)27)21-11-7-6-10-20(21)22(25)23-18-14-12-17(13-15-18)16-28-19-8-4-3-5-9-19/h3-15H,16H2,1-2H3,(H,23,25). The highest BCUT2D eigenvalue weighted by molar-refractivity contribution is 7.98. The van der Waals surface area contributed by atoms with Crippen LogP contribution in [0.2, 0.25) is 0 Å². The third-order valence-electron chi connectivity index (χ3n) is 4.35. The van der Waals surface area contributed by atoms with E-state index in [9.17, 15) is 13.2 Å². The van der Waals surface area contributed by atoms with E-state index in [4.69, 9.17) is 0 Å². The van der Waals surface area contributed by atoms with Gasteiger partial charge in [-0.15, -0.1) is 11.8 Å². The Morgan fingerprint density at radius 2 is 1.55 bits per heavy atom. The Balaban J connectivity index is 1.69. The molecule has 29 heavy (non-hydrogen) atoms. The zero-order valence-electron chi connectivity index (χ0n) is 16.2. The molecule has 0 aromatic heterocycles. The first kappa shape index (κ1) is 21.0. The number of amides is 1. The molecule has 150 valence electrons. The summed E-state index contributed by atoms with van der Waals surface area (Å²) < 4.78 is 24.8. The minimum atomic E-state index is -3.47. The second-order valence-electron chi connectivity index (χ2n) is 6.50. The average molecular weight is 427 g/mol. The predicted molar refractivity (Wildman–Crippen MR) is 120 cm³/mol. The van der Waals surface area contributed by atoms with Crippen LogP contribution in [0.15, 0.2) is 83.8 Å². The molecule has 0 unspecified atom stereocenters. The summed E-state index contributed by atoms with van der Waals surface area (Å²) in [4.78, 5) is 13.9. The second kappa shape index (κ2) is 9.15. The van der Waals surface area contributed by atoms with Crippen LogP contribution in [0.1, 0.15) is 15.9 Å². The van der Waals surface area contributed by atoms with Crippen molar-refractivity contribution in [2.24, 2.45) is 0 Å². The number of thioether (sulfide) groups is 1. The molecule has 5 nitrogen and oxygen atoms in total.